The fourth-order valence-electron chi connectivity index (χ4n) is 1.50. The molecule has 0 aromatic heterocycles. The molecular formula is C15H21NS. The Kier molecular flexibility index (Phi) is 7.62. The van der Waals surface area contributed by atoms with E-state index in [4.69, 9.17) is 0 Å². The Morgan fingerprint density at radius 1 is 1.35 bits per heavy atom. The lowest BCUT2D eigenvalue weighted by molar-refractivity contribution is 0.674. The lowest BCUT2D eigenvalue weighted by atomic mass is 10.2. The third kappa shape index (κ3) is 6.41. The SMILES string of the molecule is CC#CCCSc1cccc(CNCCC)c1. The van der Waals surface area contributed by atoms with E-state index in [0.717, 1.165) is 25.3 Å². The Hall–Kier alpha value is -0.910. The molecule has 0 aliphatic carbocycles. The zero-order valence-electron chi connectivity index (χ0n) is 10.8. The summed E-state index contributed by atoms with van der Waals surface area (Å²) >= 11 is 1.88. The maximum atomic E-state index is 3.42. The molecule has 0 saturated carbocycles. The number of thioether (sulfide) groups is 1. The van der Waals surface area contributed by atoms with Crippen LogP contribution in [0.3, 0.4) is 0 Å². The fourth-order valence-corrected chi connectivity index (χ4v) is 2.35. The van der Waals surface area contributed by atoms with E-state index in [-0.39, 0.29) is 0 Å². The van der Waals surface area contributed by atoms with Crippen LogP contribution in [0, 0.1) is 11.8 Å². The third-order valence-corrected chi connectivity index (χ3v) is 3.32. The van der Waals surface area contributed by atoms with Crippen molar-refractivity contribution in [2.45, 2.75) is 38.1 Å². The molecule has 0 saturated heterocycles. The van der Waals surface area contributed by atoms with Crippen LogP contribution >= 0.6 is 11.8 Å². The quantitative estimate of drug-likeness (QED) is 0.448. The summed E-state index contributed by atoms with van der Waals surface area (Å²) in [7, 11) is 0. The van der Waals surface area contributed by atoms with Crippen molar-refractivity contribution < 1.29 is 0 Å². The normalized spacial score (nSPS) is 9.76. The average molecular weight is 247 g/mol. The minimum absolute atomic E-state index is 0.969. The lowest BCUT2D eigenvalue weighted by Crippen LogP contribution is -2.13. The molecular weight excluding hydrogens is 226 g/mol. The summed E-state index contributed by atoms with van der Waals surface area (Å²) in [6.07, 6.45) is 2.16. The molecule has 0 spiro atoms. The van der Waals surface area contributed by atoms with E-state index in [1.165, 1.54) is 16.9 Å². The average Bonchev–Trinajstić information content (AvgIpc) is 2.36. The molecule has 17 heavy (non-hydrogen) atoms. The van der Waals surface area contributed by atoms with Gasteiger partial charge in [-0.1, -0.05) is 19.1 Å². The summed E-state index contributed by atoms with van der Waals surface area (Å²) < 4.78 is 0. The van der Waals surface area contributed by atoms with Gasteiger partial charge in [0.15, 0.2) is 0 Å². The fraction of sp³-hybridized carbons (Fsp3) is 0.467. The zero-order chi connectivity index (χ0) is 12.3. The van der Waals surface area contributed by atoms with E-state index >= 15 is 0 Å². The molecule has 0 aliphatic rings. The predicted molar refractivity (Wildman–Crippen MR) is 77.2 cm³/mol. The van der Waals surface area contributed by atoms with Crippen molar-refractivity contribution in [3.8, 4) is 11.8 Å². The number of hydrogen-bond acceptors (Lipinski definition) is 2. The zero-order valence-corrected chi connectivity index (χ0v) is 11.6. The Morgan fingerprint density at radius 2 is 2.24 bits per heavy atom. The molecule has 0 heterocycles. The van der Waals surface area contributed by atoms with Gasteiger partial charge in [-0.15, -0.1) is 23.6 Å². The van der Waals surface area contributed by atoms with Gasteiger partial charge in [-0.25, -0.2) is 0 Å². The van der Waals surface area contributed by atoms with Gasteiger partial charge in [0.05, 0.1) is 0 Å². The first-order valence-corrected chi connectivity index (χ1v) is 7.17. The van der Waals surface area contributed by atoms with E-state index in [1.807, 2.05) is 18.7 Å². The van der Waals surface area contributed by atoms with Crippen molar-refractivity contribution in [3.63, 3.8) is 0 Å². The first-order chi connectivity index (χ1) is 8.36. The Balaban J connectivity index is 2.38. The van der Waals surface area contributed by atoms with Crippen LogP contribution in [0.4, 0.5) is 0 Å². The van der Waals surface area contributed by atoms with Gasteiger partial charge in [0, 0.05) is 23.6 Å². The van der Waals surface area contributed by atoms with Crippen LogP contribution in [-0.2, 0) is 6.54 Å². The Morgan fingerprint density at radius 3 is 3.00 bits per heavy atom. The topological polar surface area (TPSA) is 12.0 Å². The second kappa shape index (κ2) is 9.15. The standard InChI is InChI=1S/C15H21NS/c1-3-5-6-11-17-15-9-7-8-14(12-15)13-16-10-4-2/h7-9,12,16H,4,6,10-11,13H2,1-2H3. The summed E-state index contributed by atoms with van der Waals surface area (Å²) in [6.45, 7) is 6.14. The smallest absolute Gasteiger partial charge is 0.0205 e. The van der Waals surface area contributed by atoms with Gasteiger partial charge in [0.2, 0.25) is 0 Å². The summed E-state index contributed by atoms with van der Waals surface area (Å²) in [4.78, 5) is 1.35. The Bertz CT molecular complexity index is 376. The second-order valence-electron chi connectivity index (χ2n) is 3.85. The van der Waals surface area contributed by atoms with E-state index in [2.05, 4.69) is 48.3 Å². The number of nitrogens with one attached hydrogen (secondary N) is 1. The molecule has 0 amide bonds. The molecule has 0 fully saturated rings. The minimum Gasteiger partial charge on any atom is -0.313 e. The summed E-state index contributed by atoms with van der Waals surface area (Å²) in [5, 5.41) is 3.42. The minimum atomic E-state index is 0.969. The number of benzene rings is 1. The summed E-state index contributed by atoms with van der Waals surface area (Å²) in [5.74, 6) is 7.09. The molecule has 1 rings (SSSR count). The molecule has 92 valence electrons. The molecule has 0 aliphatic heterocycles. The van der Waals surface area contributed by atoms with Crippen molar-refractivity contribution in [3.05, 3.63) is 29.8 Å². The van der Waals surface area contributed by atoms with Crippen LogP contribution in [0.25, 0.3) is 0 Å². The van der Waals surface area contributed by atoms with E-state index < -0.39 is 0 Å². The van der Waals surface area contributed by atoms with Crippen molar-refractivity contribution in [2.75, 3.05) is 12.3 Å². The van der Waals surface area contributed by atoms with Gasteiger partial charge >= 0.3 is 0 Å². The molecule has 1 aromatic carbocycles. The van der Waals surface area contributed by atoms with Crippen LogP contribution in [-0.4, -0.2) is 12.3 Å². The molecule has 0 atom stereocenters. The molecule has 1 nitrogen and oxygen atoms in total. The van der Waals surface area contributed by atoms with E-state index in [0.29, 0.717) is 0 Å². The van der Waals surface area contributed by atoms with Crippen LogP contribution in [0.2, 0.25) is 0 Å². The molecule has 1 N–H and O–H groups in total. The molecule has 2 heteroatoms. The maximum Gasteiger partial charge on any atom is 0.0205 e. The van der Waals surface area contributed by atoms with Crippen molar-refractivity contribution in [1.29, 1.82) is 0 Å². The van der Waals surface area contributed by atoms with Gasteiger partial charge in [-0.05, 0) is 37.6 Å². The van der Waals surface area contributed by atoms with Crippen LogP contribution < -0.4 is 5.32 Å². The first kappa shape index (κ1) is 14.2. The number of hydrogen-bond donors (Lipinski definition) is 1. The highest BCUT2D eigenvalue weighted by Crippen LogP contribution is 2.19. The first-order valence-electron chi connectivity index (χ1n) is 6.19. The maximum absolute atomic E-state index is 3.42. The van der Waals surface area contributed by atoms with Gasteiger partial charge in [0.25, 0.3) is 0 Å². The van der Waals surface area contributed by atoms with Gasteiger partial charge in [-0.3, -0.25) is 0 Å². The van der Waals surface area contributed by atoms with Crippen molar-refractivity contribution in [2.24, 2.45) is 0 Å². The molecule has 1 aromatic rings. The Labute approximate surface area is 109 Å². The van der Waals surface area contributed by atoms with Crippen LogP contribution in [0.1, 0.15) is 32.3 Å². The summed E-state index contributed by atoms with van der Waals surface area (Å²) in [5.41, 5.74) is 1.37. The van der Waals surface area contributed by atoms with Gasteiger partial charge in [0.1, 0.15) is 0 Å². The van der Waals surface area contributed by atoms with Crippen molar-refractivity contribution >= 4 is 11.8 Å². The third-order valence-electron chi connectivity index (χ3n) is 2.33. The molecule has 0 unspecified atom stereocenters. The highest BCUT2D eigenvalue weighted by atomic mass is 32.2. The number of rotatable bonds is 7. The highest BCUT2D eigenvalue weighted by Gasteiger charge is 1.96. The monoisotopic (exact) mass is 247 g/mol. The van der Waals surface area contributed by atoms with Gasteiger partial charge in [-0.2, -0.15) is 0 Å². The highest BCUT2D eigenvalue weighted by molar-refractivity contribution is 7.99. The largest absolute Gasteiger partial charge is 0.313 e. The molecule has 0 bridgehead atoms. The van der Waals surface area contributed by atoms with Gasteiger partial charge < -0.3 is 5.32 Å². The second-order valence-corrected chi connectivity index (χ2v) is 5.02. The van der Waals surface area contributed by atoms with Crippen LogP contribution in [0.5, 0.6) is 0 Å². The van der Waals surface area contributed by atoms with Crippen molar-refractivity contribution in [1.82, 2.24) is 5.32 Å². The van der Waals surface area contributed by atoms with E-state index in [9.17, 15) is 0 Å². The molecule has 0 radical (unpaired) electrons. The predicted octanol–water partition coefficient (Wildman–Crippen LogP) is 3.69. The van der Waals surface area contributed by atoms with Crippen LogP contribution in [0.15, 0.2) is 29.2 Å². The lowest BCUT2D eigenvalue weighted by Gasteiger charge is -2.05. The summed E-state index contributed by atoms with van der Waals surface area (Å²) in [6, 6.07) is 8.76. The van der Waals surface area contributed by atoms with E-state index in [1.54, 1.807) is 0 Å².